The van der Waals surface area contributed by atoms with Crippen LogP contribution in [0.1, 0.15) is 18.4 Å². The van der Waals surface area contributed by atoms with E-state index in [0.717, 1.165) is 30.8 Å². The summed E-state index contributed by atoms with van der Waals surface area (Å²) in [5.74, 6) is 0. The van der Waals surface area contributed by atoms with E-state index < -0.39 is 10.0 Å². The van der Waals surface area contributed by atoms with Gasteiger partial charge < -0.3 is 10.2 Å². The van der Waals surface area contributed by atoms with Crippen molar-refractivity contribution in [3.05, 3.63) is 23.8 Å². The van der Waals surface area contributed by atoms with Crippen LogP contribution in [-0.2, 0) is 10.0 Å². The summed E-state index contributed by atoms with van der Waals surface area (Å²) < 4.78 is 26.1. The Kier molecular flexibility index (Phi) is 4.67. The van der Waals surface area contributed by atoms with E-state index in [0.29, 0.717) is 10.9 Å². The SMILES string of the molecule is CNS(=O)(=O)c1ccc(C)c(NC2CCCN(C)C2)c1. The van der Waals surface area contributed by atoms with Crippen LogP contribution in [0.5, 0.6) is 0 Å². The molecule has 0 amide bonds. The van der Waals surface area contributed by atoms with Gasteiger partial charge in [0.1, 0.15) is 0 Å². The van der Waals surface area contributed by atoms with Gasteiger partial charge in [-0.1, -0.05) is 6.07 Å². The van der Waals surface area contributed by atoms with E-state index in [2.05, 4.69) is 22.0 Å². The van der Waals surface area contributed by atoms with Gasteiger partial charge in [-0.25, -0.2) is 13.1 Å². The minimum Gasteiger partial charge on any atom is -0.381 e. The molecule has 1 atom stereocenters. The molecule has 6 heteroatoms. The van der Waals surface area contributed by atoms with Crippen molar-refractivity contribution in [1.29, 1.82) is 0 Å². The van der Waals surface area contributed by atoms with Crippen LogP contribution < -0.4 is 10.0 Å². The van der Waals surface area contributed by atoms with Crippen LogP contribution in [0.4, 0.5) is 5.69 Å². The van der Waals surface area contributed by atoms with Crippen molar-refractivity contribution in [2.24, 2.45) is 0 Å². The first-order valence-corrected chi connectivity index (χ1v) is 8.40. The molecule has 1 saturated heterocycles. The van der Waals surface area contributed by atoms with Gasteiger partial charge in [0.25, 0.3) is 0 Å². The Bertz CT molecular complexity index is 572. The van der Waals surface area contributed by atoms with Gasteiger partial charge in [-0.2, -0.15) is 0 Å². The fourth-order valence-electron chi connectivity index (χ4n) is 2.55. The highest BCUT2D eigenvalue weighted by molar-refractivity contribution is 7.89. The summed E-state index contributed by atoms with van der Waals surface area (Å²) in [6.45, 7) is 4.11. The van der Waals surface area contributed by atoms with Crippen LogP contribution in [0.25, 0.3) is 0 Å². The number of benzene rings is 1. The lowest BCUT2D eigenvalue weighted by molar-refractivity contribution is 0.261. The molecule has 1 aliphatic heterocycles. The minimum absolute atomic E-state index is 0.303. The molecular weight excluding hydrogens is 274 g/mol. The van der Waals surface area contributed by atoms with Gasteiger partial charge in [0, 0.05) is 18.3 Å². The molecule has 2 N–H and O–H groups in total. The van der Waals surface area contributed by atoms with Gasteiger partial charge in [0.05, 0.1) is 4.90 Å². The predicted molar refractivity (Wildman–Crippen MR) is 81.6 cm³/mol. The molecule has 1 aromatic carbocycles. The standard InChI is InChI=1S/C14H23N3O2S/c1-11-6-7-13(20(18,19)15-2)9-14(11)16-12-5-4-8-17(3)10-12/h6-7,9,12,15-16H,4-5,8,10H2,1-3H3. The molecule has 112 valence electrons. The third-order valence-corrected chi connectivity index (χ3v) is 5.18. The highest BCUT2D eigenvalue weighted by atomic mass is 32.2. The zero-order valence-electron chi connectivity index (χ0n) is 12.3. The Labute approximate surface area is 121 Å². The van der Waals surface area contributed by atoms with Crippen LogP contribution in [0, 0.1) is 6.92 Å². The van der Waals surface area contributed by atoms with E-state index in [1.165, 1.54) is 13.5 Å². The maximum atomic E-state index is 11.9. The highest BCUT2D eigenvalue weighted by Crippen LogP contribution is 2.22. The smallest absolute Gasteiger partial charge is 0.240 e. The van der Waals surface area contributed by atoms with Crippen molar-refractivity contribution in [2.75, 3.05) is 32.5 Å². The summed E-state index contributed by atoms with van der Waals surface area (Å²) in [7, 11) is 0.153. The zero-order valence-corrected chi connectivity index (χ0v) is 13.1. The Hall–Kier alpha value is -1.11. The summed E-state index contributed by atoms with van der Waals surface area (Å²) in [5.41, 5.74) is 1.97. The van der Waals surface area contributed by atoms with Crippen LogP contribution in [0.15, 0.2) is 23.1 Å². The van der Waals surface area contributed by atoms with E-state index in [4.69, 9.17) is 0 Å². The minimum atomic E-state index is -3.39. The lowest BCUT2D eigenvalue weighted by Gasteiger charge is -2.31. The Balaban J connectivity index is 2.21. The van der Waals surface area contributed by atoms with Crippen molar-refractivity contribution in [1.82, 2.24) is 9.62 Å². The summed E-state index contributed by atoms with van der Waals surface area (Å²) in [5, 5.41) is 3.48. The van der Waals surface area contributed by atoms with Gasteiger partial charge in [0.15, 0.2) is 0 Å². The Morgan fingerprint density at radius 1 is 1.35 bits per heavy atom. The van der Waals surface area contributed by atoms with E-state index in [9.17, 15) is 8.42 Å². The van der Waals surface area contributed by atoms with Crippen LogP contribution in [0.2, 0.25) is 0 Å². The molecular formula is C14H23N3O2S. The van der Waals surface area contributed by atoms with Crippen molar-refractivity contribution in [3.63, 3.8) is 0 Å². The normalized spacial score (nSPS) is 20.9. The predicted octanol–water partition coefficient (Wildman–Crippen LogP) is 1.41. The molecule has 0 aliphatic carbocycles. The van der Waals surface area contributed by atoms with E-state index in [1.807, 2.05) is 13.0 Å². The number of aryl methyl sites for hydroxylation is 1. The Morgan fingerprint density at radius 2 is 2.10 bits per heavy atom. The second kappa shape index (κ2) is 6.11. The van der Waals surface area contributed by atoms with Crippen LogP contribution in [-0.4, -0.2) is 46.5 Å². The molecule has 1 heterocycles. The number of nitrogens with zero attached hydrogens (tertiary/aromatic N) is 1. The first-order valence-electron chi connectivity index (χ1n) is 6.91. The number of likely N-dealkylation sites (tertiary alicyclic amines) is 1. The van der Waals surface area contributed by atoms with Crippen molar-refractivity contribution in [3.8, 4) is 0 Å². The summed E-state index contributed by atoms with van der Waals surface area (Å²) in [4.78, 5) is 2.60. The first-order chi connectivity index (χ1) is 9.42. The fourth-order valence-corrected chi connectivity index (χ4v) is 3.30. The molecule has 0 saturated carbocycles. The average Bonchev–Trinajstić information content (AvgIpc) is 2.41. The molecule has 0 aromatic heterocycles. The number of hydrogen-bond acceptors (Lipinski definition) is 4. The molecule has 1 unspecified atom stereocenters. The number of likely N-dealkylation sites (N-methyl/N-ethyl adjacent to an activating group) is 1. The number of piperidine rings is 1. The zero-order chi connectivity index (χ0) is 14.8. The maximum absolute atomic E-state index is 11.9. The quantitative estimate of drug-likeness (QED) is 0.882. The maximum Gasteiger partial charge on any atom is 0.240 e. The van der Waals surface area contributed by atoms with Gasteiger partial charge in [-0.05, 0) is 58.1 Å². The third-order valence-electron chi connectivity index (χ3n) is 3.77. The molecule has 1 fully saturated rings. The van der Waals surface area contributed by atoms with Crippen LogP contribution >= 0.6 is 0 Å². The van der Waals surface area contributed by atoms with Crippen molar-refractivity contribution < 1.29 is 8.42 Å². The molecule has 5 nitrogen and oxygen atoms in total. The Morgan fingerprint density at radius 3 is 2.75 bits per heavy atom. The first kappa shape index (κ1) is 15.3. The lowest BCUT2D eigenvalue weighted by atomic mass is 10.1. The summed E-state index contributed by atoms with van der Waals surface area (Å²) >= 11 is 0. The molecule has 0 bridgehead atoms. The second-order valence-corrected chi connectivity index (χ2v) is 7.32. The topological polar surface area (TPSA) is 61.4 Å². The van der Waals surface area contributed by atoms with Crippen molar-refractivity contribution in [2.45, 2.75) is 30.7 Å². The number of hydrogen-bond donors (Lipinski definition) is 2. The van der Waals surface area contributed by atoms with Crippen molar-refractivity contribution >= 4 is 15.7 Å². The van der Waals surface area contributed by atoms with Gasteiger partial charge >= 0.3 is 0 Å². The monoisotopic (exact) mass is 297 g/mol. The van der Waals surface area contributed by atoms with E-state index in [-0.39, 0.29) is 0 Å². The van der Waals surface area contributed by atoms with E-state index >= 15 is 0 Å². The van der Waals surface area contributed by atoms with Gasteiger partial charge in [-0.3, -0.25) is 0 Å². The number of anilines is 1. The molecule has 0 spiro atoms. The largest absolute Gasteiger partial charge is 0.381 e. The third kappa shape index (κ3) is 3.50. The molecule has 1 aliphatic rings. The highest BCUT2D eigenvalue weighted by Gasteiger charge is 2.19. The van der Waals surface area contributed by atoms with Gasteiger partial charge in [0.2, 0.25) is 10.0 Å². The molecule has 0 radical (unpaired) electrons. The fraction of sp³-hybridized carbons (Fsp3) is 0.571. The van der Waals surface area contributed by atoms with Gasteiger partial charge in [-0.15, -0.1) is 0 Å². The molecule has 20 heavy (non-hydrogen) atoms. The molecule has 2 rings (SSSR count). The lowest BCUT2D eigenvalue weighted by Crippen LogP contribution is -2.39. The number of nitrogens with one attached hydrogen (secondary N) is 2. The number of rotatable bonds is 4. The van der Waals surface area contributed by atoms with E-state index in [1.54, 1.807) is 12.1 Å². The average molecular weight is 297 g/mol. The molecule has 1 aromatic rings. The summed E-state index contributed by atoms with van der Waals surface area (Å²) in [6, 6.07) is 5.58. The van der Waals surface area contributed by atoms with Crippen LogP contribution in [0.3, 0.4) is 0 Å². The summed E-state index contributed by atoms with van der Waals surface area (Å²) in [6.07, 6.45) is 2.29. The number of sulfonamides is 1. The second-order valence-electron chi connectivity index (χ2n) is 5.43.